The first-order valence-electron chi connectivity index (χ1n) is 5.21. The van der Waals surface area contributed by atoms with Crippen LogP contribution in [0.1, 0.15) is 5.56 Å². The molecule has 0 aliphatic carbocycles. The highest BCUT2D eigenvalue weighted by molar-refractivity contribution is 9.10. The van der Waals surface area contributed by atoms with Gasteiger partial charge in [0.1, 0.15) is 16.0 Å². The first-order chi connectivity index (χ1) is 9.01. The fourth-order valence-corrected chi connectivity index (χ4v) is 2.01. The maximum atomic E-state index is 13.7. The number of methoxy groups -OCH3 is 1. The van der Waals surface area contributed by atoms with Crippen molar-refractivity contribution in [2.75, 3.05) is 7.11 Å². The summed E-state index contributed by atoms with van der Waals surface area (Å²) in [6, 6.07) is 4.42. The molecule has 2 rings (SSSR count). The van der Waals surface area contributed by atoms with Gasteiger partial charge in [0, 0.05) is 11.6 Å². The van der Waals surface area contributed by atoms with Crippen LogP contribution in [-0.4, -0.2) is 21.8 Å². The Hall–Kier alpha value is -1.96. The first-order valence-corrected chi connectivity index (χ1v) is 6.00. The van der Waals surface area contributed by atoms with Gasteiger partial charge in [-0.3, -0.25) is 0 Å². The lowest BCUT2D eigenvalue weighted by molar-refractivity contribution is -0.390. The third kappa shape index (κ3) is 2.90. The molecule has 0 unspecified atom stereocenters. The molecule has 0 radical (unpaired) electrons. The van der Waals surface area contributed by atoms with Crippen LogP contribution in [0.5, 0.6) is 5.75 Å². The number of nitrogens with zero attached hydrogens (tertiary/aromatic N) is 3. The second-order valence-corrected chi connectivity index (χ2v) is 4.57. The minimum Gasteiger partial charge on any atom is -0.497 e. The van der Waals surface area contributed by atoms with E-state index in [1.165, 1.54) is 24.1 Å². The lowest BCUT2D eigenvalue weighted by Crippen LogP contribution is -2.03. The second-order valence-electron chi connectivity index (χ2n) is 3.71. The quantitative estimate of drug-likeness (QED) is 0.638. The third-order valence-corrected chi connectivity index (χ3v) is 3.02. The van der Waals surface area contributed by atoms with Crippen molar-refractivity contribution >= 4 is 21.7 Å². The van der Waals surface area contributed by atoms with Gasteiger partial charge in [0.15, 0.2) is 0 Å². The molecule has 1 aromatic heterocycles. The summed E-state index contributed by atoms with van der Waals surface area (Å²) in [5.41, 5.74) is 0.366. The van der Waals surface area contributed by atoms with E-state index in [1.54, 1.807) is 12.1 Å². The fraction of sp³-hybridized carbons (Fsp3) is 0.182. The lowest BCUT2D eigenvalue weighted by Gasteiger charge is -2.03. The van der Waals surface area contributed by atoms with Crippen molar-refractivity contribution in [2.24, 2.45) is 0 Å². The first kappa shape index (κ1) is 13.5. The zero-order valence-corrected chi connectivity index (χ0v) is 11.4. The number of rotatable bonds is 4. The van der Waals surface area contributed by atoms with Gasteiger partial charge in [-0.25, -0.2) is 4.39 Å². The van der Waals surface area contributed by atoms with Crippen molar-refractivity contribution in [2.45, 2.75) is 6.54 Å². The highest BCUT2D eigenvalue weighted by atomic mass is 79.9. The van der Waals surface area contributed by atoms with E-state index in [9.17, 15) is 14.5 Å². The molecule has 8 heteroatoms. The number of benzene rings is 1. The van der Waals surface area contributed by atoms with Crippen LogP contribution in [0, 0.1) is 15.9 Å². The van der Waals surface area contributed by atoms with E-state index in [1.807, 2.05) is 0 Å². The molecule has 0 saturated carbocycles. The Labute approximate surface area is 116 Å². The highest BCUT2D eigenvalue weighted by Gasteiger charge is 2.19. The Morgan fingerprint density at radius 1 is 1.58 bits per heavy atom. The molecule has 0 amide bonds. The van der Waals surface area contributed by atoms with E-state index < -0.39 is 10.7 Å². The van der Waals surface area contributed by atoms with Gasteiger partial charge < -0.3 is 14.9 Å². The van der Waals surface area contributed by atoms with Crippen LogP contribution < -0.4 is 4.74 Å². The third-order valence-electron chi connectivity index (χ3n) is 2.46. The van der Waals surface area contributed by atoms with E-state index in [2.05, 4.69) is 21.0 Å². The lowest BCUT2D eigenvalue weighted by atomic mass is 10.2. The van der Waals surface area contributed by atoms with E-state index in [4.69, 9.17) is 4.74 Å². The van der Waals surface area contributed by atoms with E-state index in [0.29, 0.717) is 11.3 Å². The maximum Gasteiger partial charge on any atom is 0.404 e. The van der Waals surface area contributed by atoms with Crippen LogP contribution in [0.25, 0.3) is 0 Å². The average molecular weight is 330 g/mol. The minimum atomic E-state index is -0.606. The fourth-order valence-electron chi connectivity index (χ4n) is 1.55. The summed E-state index contributed by atoms with van der Waals surface area (Å²) in [6.07, 6.45) is 1.43. The average Bonchev–Trinajstić information content (AvgIpc) is 2.73. The normalized spacial score (nSPS) is 10.5. The summed E-state index contributed by atoms with van der Waals surface area (Å²) in [5, 5.41) is 14.4. The second kappa shape index (κ2) is 5.35. The van der Waals surface area contributed by atoms with Crippen molar-refractivity contribution < 1.29 is 14.1 Å². The molecule has 0 aliphatic heterocycles. The molecule has 0 N–H and O–H groups in total. The maximum absolute atomic E-state index is 13.7. The number of ether oxygens (including phenoxy) is 1. The van der Waals surface area contributed by atoms with Gasteiger partial charge in [-0.05, 0) is 26.9 Å². The molecule has 6 nitrogen and oxygen atoms in total. The van der Waals surface area contributed by atoms with Crippen molar-refractivity contribution in [3.63, 3.8) is 0 Å². The Bertz CT molecular complexity index is 630. The van der Waals surface area contributed by atoms with Gasteiger partial charge in [-0.1, -0.05) is 6.07 Å². The standard InChI is InChI=1S/C11H9BrFN3O3/c1-19-8-3-2-7(10(13)4-8)5-15-6-9(12)11(14-15)16(17)18/h2-4,6H,5H2,1H3. The zero-order valence-electron chi connectivity index (χ0n) is 9.84. The molecular weight excluding hydrogens is 321 g/mol. The number of hydrogen-bond donors (Lipinski definition) is 0. The zero-order chi connectivity index (χ0) is 14.0. The number of nitro groups is 1. The van der Waals surface area contributed by atoms with Gasteiger partial charge in [0.25, 0.3) is 0 Å². The largest absolute Gasteiger partial charge is 0.497 e. The Kier molecular flexibility index (Phi) is 3.79. The van der Waals surface area contributed by atoms with Gasteiger partial charge in [0.2, 0.25) is 0 Å². The molecule has 1 aromatic carbocycles. The number of halogens is 2. The predicted octanol–water partition coefficient (Wildman–Crippen LogP) is 2.75. The summed E-state index contributed by atoms with van der Waals surface area (Å²) in [7, 11) is 1.45. The molecule has 2 aromatic rings. The molecule has 100 valence electrons. The molecule has 0 fully saturated rings. The Balaban J connectivity index is 2.26. The van der Waals surface area contributed by atoms with Crippen LogP contribution >= 0.6 is 15.9 Å². The molecule has 0 atom stereocenters. The van der Waals surface area contributed by atoms with Gasteiger partial charge in [-0.15, -0.1) is 0 Å². The van der Waals surface area contributed by atoms with Crippen LogP contribution in [0.4, 0.5) is 10.2 Å². The van der Waals surface area contributed by atoms with Crippen molar-refractivity contribution in [3.05, 3.63) is 50.4 Å². The highest BCUT2D eigenvalue weighted by Crippen LogP contribution is 2.23. The molecule has 0 spiro atoms. The van der Waals surface area contributed by atoms with Gasteiger partial charge in [0.05, 0.1) is 25.0 Å². The van der Waals surface area contributed by atoms with E-state index in [0.717, 1.165) is 0 Å². The molecule has 0 aliphatic rings. The van der Waals surface area contributed by atoms with Crippen molar-refractivity contribution in [3.8, 4) is 5.75 Å². The van der Waals surface area contributed by atoms with Crippen LogP contribution in [0.3, 0.4) is 0 Å². The number of hydrogen-bond acceptors (Lipinski definition) is 4. The van der Waals surface area contributed by atoms with Gasteiger partial charge in [-0.2, -0.15) is 4.68 Å². The molecule has 0 bridgehead atoms. The summed E-state index contributed by atoms with van der Waals surface area (Å²) < 4.78 is 20.2. The molecule has 0 saturated heterocycles. The summed E-state index contributed by atoms with van der Waals surface area (Å²) in [4.78, 5) is 10.0. The topological polar surface area (TPSA) is 70.2 Å². The monoisotopic (exact) mass is 329 g/mol. The summed E-state index contributed by atoms with van der Waals surface area (Å²) in [6.45, 7) is 0.0995. The summed E-state index contributed by atoms with van der Waals surface area (Å²) in [5.74, 6) is -0.337. The van der Waals surface area contributed by atoms with Gasteiger partial charge >= 0.3 is 5.82 Å². The van der Waals surface area contributed by atoms with E-state index in [-0.39, 0.29) is 16.8 Å². The number of aromatic nitrogens is 2. The molecule has 19 heavy (non-hydrogen) atoms. The van der Waals surface area contributed by atoms with Crippen LogP contribution in [0.15, 0.2) is 28.9 Å². The van der Waals surface area contributed by atoms with Crippen molar-refractivity contribution in [1.29, 1.82) is 0 Å². The van der Waals surface area contributed by atoms with E-state index >= 15 is 0 Å². The van der Waals surface area contributed by atoms with Crippen LogP contribution in [-0.2, 0) is 6.54 Å². The van der Waals surface area contributed by atoms with Crippen molar-refractivity contribution in [1.82, 2.24) is 9.78 Å². The smallest absolute Gasteiger partial charge is 0.404 e. The minimum absolute atomic E-state index is 0.0995. The molecule has 1 heterocycles. The summed E-state index contributed by atoms with van der Waals surface area (Å²) >= 11 is 3.03. The molecular formula is C11H9BrFN3O3. The Morgan fingerprint density at radius 2 is 2.32 bits per heavy atom. The predicted molar refractivity (Wildman–Crippen MR) is 68.6 cm³/mol. The van der Waals surface area contributed by atoms with Crippen LogP contribution in [0.2, 0.25) is 0 Å². The SMILES string of the molecule is COc1ccc(Cn2cc(Br)c([N+](=O)[O-])n2)c(F)c1. The Morgan fingerprint density at radius 3 is 2.84 bits per heavy atom.